The molecule has 2 aromatic heterocycles. The summed E-state index contributed by atoms with van der Waals surface area (Å²) in [5, 5.41) is 9.94. The predicted octanol–water partition coefficient (Wildman–Crippen LogP) is 2.43. The number of hydrogen-bond acceptors (Lipinski definition) is 5. The van der Waals surface area contributed by atoms with Gasteiger partial charge in [0.25, 0.3) is 5.91 Å². The Morgan fingerprint density at radius 2 is 2.00 bits per heavy atom. The molecular weight excluding hydrogens is 318 g/mol. The fraction of sp³-hybridized carbons (Fsp3) is 0.222. The van der Waals surface area contributed by atoms with Crippen molar-refractivity contribution >= 4 is 5.91 Å². The SMILES string of the molecule is CO[C@@H](C(=O)N[C@@H](C)c1nc(-c2cccnc2)n[nH]1)c1ccccc1. The first-order valence-corrected chi connectivity index (χ1v) is 7.90. The Bertz CT molecular complexity index is 820. The summed E-state index contributed by atoms with van der Waals surface area (Å²) in [4.78, 5) is 21.0. The van der Waals surface area contributed by atoms with Gasteiger partial charge in [0.15, 0.2) is 11.9 Å². The van der Waals surface area contributed by atoms with Crippen LogP contribution in [0.5, 0.6) is 0 Å². The van der Waals surface area contributed by atoms with E-state index in [0.717, 1.165) is 11.1 Å². The molecule has 0 radical (unpaired) electrons. The van der Waals surface area contributed by atoms with E-state index in [0.29, 0.717) is 11.6 Å². The zero-order valence-electron chi connectivity index (χ0n) is 14.0. The molecule has 7 nitrogen and oxygen atoms in total. The molecule has 0 fully saturated rings. The maximum absolute atomic E-state index is 12.5. The molecule has 7 heteroatoms. The van der Waals surface area contributed by atoms with Crippen LogP contribution in [0.25, 0.3) is 11.4 Å². The average Bonchev–Trinajstić information content (AvgIpc) is 3.14. The first kappa shape index (κ1) is 16.8. The number of benzene rings is 1. The van der Waals surface area contributed by atoms with Crippen LogP contribution in [0.15, 0.2) is 54.9 Å². The second-order valence-corrected chi connectivity index (χ2v) is 5.54. The summed E-state index contributed by atoms with van der Waals surface area (Å²) in [5.74, 6) is 0.867. The highest BCUT2D eigenvalue weighted by Gasteiger charge is 2.23. The van der Waals surface area contributed by atoms with Crippen molar-refractivity contribution in [1.82, 2.24) is 25.5 Å². The number of rotatable bonds is 6. The Balaban J connectivity index is 1.70. The minimum atomic E-state index is -0.677. The first-order chi connectivity index (χ1) is 12.2. The summed E-state index contributed by atoms with van der Waals surface area (Å²) >= 11 is 0. The van der Waals surface area contributed by atoms with Crippen molar-refractivity contribution in [2.24, 2.45) is 0 Å². The highest BCUT2D eigenvalue weighted by molar-refractivity contribution is 5.82. The summed E-state index contributed by atoms with van der Waals surface area (Å²) in [6.45, 7) is 1.84. The van der Waals surface area contributed by atoms with Gasteiger partial charge in [0, 0.05) is 25.1 Å². The number of H-pyrrole nitrogens is 1. The largest absolute Gasteiger partial charge is 0.367 e. The van der Waals surface area contributed by atoms with Gasteiger partial charge in [-0.15, -0.1) is 0 Å². The molecule has 0 saturated heterocycles. The van der Waals surface area contributed by atoms with E-state index in [-0.39, 0.29) is 11.9 Å². The van der Waals surface area contributed by atoms with Crippen molar-refractivity contribution in [3.63, 3.8) is 0 Å². The zero-order chi connectivity index (χ0) is 17.6. The predicted molar refractivity (Wildman–Crippen MR) is 92.4 cm³/mol. The third-order valence-electron chi connectivity index (χ3n) is 3.77. The molecule has 0 aliphatic rings. The second kappa shape index (κ2) is 7.67. The number of carbonyl (C=O) groups is 1. The molecule has 25 heavy (non-hydrogen) atoms. The van der Waals surface area contributed by atoms with Crippen molar-refractivity contribution in [2.75, 3.05) is 7.11 Å². The fourth-order valence-electron chi connectivity index (χ4n) is 2.47. The highest BCUT2D eigenvalue weighted by Crippen LogP contribution is 2.19. The van der Waals surface area contributed by atoms with E-state index in [4.69, 9.17) is 4.74 Å². The Morgan fingerprint density at radius 1 is 1.20 bits per heavy atom. The number of carbonyl (C=O) groups excluding carboxylic acids is 1. The van der Waals surface area contributed by atoms with Crippen LogP contribution in [-0.2, 0) is 9.53 Å². The van der Waals surface area contributed by atoms with Crippen LogP contribution in [-0.4, -0.2) is 33.2 Å². The van der Waals surface area contributed by atoms with E-state index in [1.165, 1.54) is 7.11 Å². The molecular formula is C18H19N5O2. The Kier molecular flexibility index (Phi) is 5.15. The van der Waals surface area contributed by atoms with Crippen LogP contribution in [0.2, 0.25) is 0 Å². The maximum atomic E-state index is 12.5. The second-order valence-electron chi connectivity index (χ2n) is 5.54. The smallest absolute Gasteiger partial charge is 0.254 e. The summed E-state index contributed by atoms with van der Waals surface area (Å²) in [6.07, 6.45) is 2.70. The van der Waals surface area contributed by atoms with E-state index in [2.05, 4.69) is 25.5 Å². The maximum Gasteiger partial charge on any atom is 0.254 e. The Morgan fingerprint density at radius 3 is 2.68 bits per heavy atom. The summed E-state index contributed by atoms with van der Waals surface area (Å²) < 4.78 is 5.34. The van der Waals surface area contributed by atoms with E-state index in [1.807, 2.05) is 49.4 Å². The van der Waals surface area contributed by atoms with Gasteiger partial charge in [-0.2, -0.15) is 5.10 Å². The van der Waals surface area contributed by atoms with Gasteiger partial charge < -0.3 is 10.1 Å². The molecule has 128 valence electrons. The average molecular weight is 337 g/mol. The van der Waals surface area contributed by atoms with E-state index in [9.17, 15) is 4.79 Å². The molecule has 2 heterocycles. The summed E-state index contributed by atoms with van der Waals surface area (Å²) in [7, 11) is 1.51. The van der Waals surface area contributed by atoms with Gasteiger partial charge in [0.1, 0.15) is 5.82 Å². The van der Waals surface area contributed by atoms with Crippen LogP contribution in [0.3, 0.4) is 0 Å². The highest BCUT2D eigenvalue weighted by atomic mass is 16.5. The van der Waals surface area contributed by atoms with Gasteiger partial charge >= 0.3 is 0 Å². The van der Waals surface area contributed by atoms with Gasteiger partial charge in [-0.1, -0.05) is 30.3 Å². The number of nitrogens with zero attached hydrogens (tertiary/aromatic N) is 3. The van der Waals surface area contributed by atoms with Gasteiger partial charge in [-0.25, -0.2) is 4.98 Å². The molecule has 0 bridgehead atoms. The van der Waals surface area contributed by atoms with Crippen molar-refractivity contribution in [2.45, 2.75) is 19.1 Å². The van der Waals surface area contributed by atoms with Crippen LogP contribution in [0, 0.1) is 0 Å². The van der Waals surface area contributed by atoms with E-state index >= 15 is 0 Å². The minimum Gasteiger partial charge on any atom is -0.367 e. The third-order valence-corrected chi connectivity index (χ3v) is 3.77. The van der Waals surface area contributed by atoms with Crippen LogP contribution >= 0.6 is 0 Å². The molecule has 2 atom stereocenters. The lowest BCUT2D eigenvalue weighted by Gasteiger charge is -2.18. The molecule has 0 aliphatic carbocycles. The van der Waals surface area contributed by atoms with Gasteiger partial charge in [-0.05, 0) is 24.6 Å². The molecule has 1 aromatic carbocycles. The van der Waals surface area contributed by atoms with Crippen molar-refractivity contribution in [3.05, 3.63) is 66.2 Å². The molecule has 2 N–H and O–H groups in total. The fourth-order valence-corrected chi connectivity index (χ4v) is 2.47. The van der Waals surface area contributed by atoms with Crippen LogP contribution in [0.4, 0.5) is 0 Å². The number of aromatic amines is 1. The number of hydrogen-bond donors (Lipinski definition) is 2. The first-order valence-electron chi connectivity index (χ1n) is 7.90. The van der Waals surface area contributed by atoms with E-state index in [1.54, 1.807) is 12.4 Å². The normalized spacial score (nSPS) is 13.2. The molecule has 1 amide bonds. The van der Waals surface area contributed by atoms with Crippen LogP contribution < -0.4 is 5.32 Å². The lowest BCUT2D eigenvalue weighted by Crippen LogP contribution is -2.33. The van der Waals surface area contributed by atoms with Crippen molar-refractivity contribution < 1.29 is 9.53 Å². The summed E-state index contributed by atoms with van der Waals surface area (Å²) in [5.41, 5.74) is 1.60. The lowest BCUT2D eigenvalue weighted by atomic mass is 10.1. The number of ether oxygens (including phenoxy) is 1. The number of amides is 1. The van der Waals surface area contributed by atoms with Gasteiger partial charge in [0.2, 0.25) is 0 Å². The van der Waals surface area contributed by atoms with Gasteiger partial charge in [-0.3, -0.25) is 14.9 Å². The number of nitrogens with one attached hydrogen (secondary N) is 2. The molecule has 3 aromatic rings. The molecule has 0 saturated carbocycles. The number of aromatic nitrogens is 4. The molecule has 0 spiro atoms. The minimum absolute atomic E-state index is 0.236. The van der Waals surface area contributed by atoms with Crippen LogP contribution in [0.1, 0.15) is 30.5 Å². The van der Waals surface area contributed by atoms with Crippen molar-refractivity contribution in [1.29, 1.82) is 0 Å². The topological polar surface area (TPSA) is 92.8 Å². The Labute approximate surface area is 145 Å². The Hall–Kier alpha value is -3.06. The lowest BCUT2D eigenvalue weighted by molar-refractivity contribution is -0.132. The quantitative estimate of drug-likeness (QED) is 0.720. The van der Waals surface area contributed by atoms with Gasteiger partial charge in [0.05, 0.1) is 6.04 Å². The van der Waals surface area contributed by atoms with Crippen molar-refractivity contribution in [3.8, 4) is 11.4 Å². The van der Waals surface area contributed by atoms with E-state index < -0.39 is 6.10 Å². The molecule has 0 unspecified atom stereocenters. The standard InChI is InChI=1S/C18H19N5O2/c1-12(16-21-17(23-22-16)14-9-6-10-19-11-14)20-18(24)15(25-2)13-7-4-3-5-8-13/h3-12,15H,1-2H3,(H,20,24)(H,21,22,23)/t12-,15+/m0/s1. The number of methoxy groups -OCH3 is 1. The zero-order valence-corrected chi connectivity index (χ0v) is 14.0. The monoisotopic (exact) mass is 337 g/mol. The summed E-state index contributed by atoms with van der Waals surface area (Å²) in [6, 6.07) is 12.7. The third kappa shape index (κ3) is 3.89. The molecule has 0 aliphatic heterocycles. The number of pyridine rings is 1. The molecule has 3 rings (SSSR count).